The van der Waals surface area contributed by atoms with Gasteiger partial charge in [-0.15, -0.1) is 0 Å². The van der Waals surface area contributed by atoms with Gasteiger partial charge in [-0.25, -0.2) is 13.7 Å². The Balaban J connectivity index is 1.82. The fourth-order valence-electron chi connectivity index (χ4n) is 3.98. The normalized spacial score (nSPS) is 20.0. The highest BCUT2D eigenvalue weighted by molar-refractivity contribution is 6.45. The number of hydrogen-bond donors (Lipinski definition) is 1. The van der Waals surface area contributed by atoms with Crippen LogP contribution >= 0.6 is 0 Å². The van der Waals surface area contributed by atoms with Crippen LogP contribution in [0, 0.1) is 17.6 Å². The van der Waals surface area contributed by atoms with E-state index in [-0.39, 0.29) is 29.5 Å². The summed E-state index contributed by atoms with van der Waals surface area (Å²) in [5.74, 6) is -3.06. The molecule has 4 rings (SSSR count). The molecule has 0 bridgehead atoms. The highest BCUT2D eigenvalue weighted by Crippen LogP contribution is 2.37. The monoisotopic (exact) mass is 398 g/mol. The summed E-state index contributed by atoms with van der Waals surface area (Å²) in [4.78, 5) is 29.2. The number of likely N-dealkylation sites (tertiary alicyclic amines) is 1. The lowest BCUT2D eigenvalue weighted by molar-refractivity contribution is -0.121. The zero-order valence-corrected chi connectivity index (χ0v) is 15.6. The van der Waals surface area contributed by atoms with Gasteiger partial charge in [0.2, 0.25) is 0 Å². The number of carbonyl (C=O) groups is 2. The number of anilines is 1. The molecule has 1 atom stereocenters. The Morgan fingerprint density at radius 3 is 2.48 bits per heavy atom. The van der Waals surface area contributed by atoms with Crippen molar-refractivity contribution < 1.29 is 23.5 Å². The van der Waals surface area contributed by atoms with Crippen molar-refractivity contribution in [2.75, 3.05) is 24.6 Å². The van der Waals surface area contributed by atoms with Crippen molar-refractivity contribution in [2.24, 2.45) is 5.92 Å². The average Bonchev–Trinajstić information content (AvgIpc) is 2.99. The van der Waals surface area contributed by atoms with Crippen LogP contribution < -0.4 is 4.90 Å². The first-order valence-electron chi connectivity index (χ1n) is 9.50. The molecule has 2 amide bonds. The number of rotatable bonds is 4. The molecule has 0 saturated carbocycles. The van der Waals surface area contributed by atoms with Gasteiger partial charge in [-0.3, -0.25) is 9.59 Å². The SMILES string of the molecule is O=C1C(c2ccccc2)=C(N2CCCC(CO)C2)C(=O)N1c1ccc(F)cc1F. The second-order valence-electron chi connectivity index (χ2n) is 7.27. The first kappa shape index (κ1) is 19.3. The number of nitrogens with zero attached hydrogens (tertiary/aromatic N) is 2. The molecule has 2 aliphatic heterocycles. The van der Waals surface area contributed by atoms with Crippen LogP contribution in [0.1, 0.15) is 18.4 Å². The largest absolute Gasteiger partial charge is 0.396 e. The minimum atomic E-state index is -0.979. The maximum atomic E-state index is 14.4. The summed E-state index contributed by atoms with van der Waals surface area (Å²) >= 11 is 0. The van der Waals surface area contributed by atoms with Crippen LogP contribution in [0.2, 0.25) is 0 Å². The molecule has 0 radical (unpaired) electrons. The Morgan fingerprint density at radius 1 is 1.03 bits per heavy atom. The fraction of sp³-hybridized carbons (Fsp3) is 0.273. The molecule has 29 heavy (non-hydrogen) atoms. The van der Waals surface area contributed by atoms with Crippen molar-refractivity contribution in [3.8, 4) is 0 Å². The zero-order valence-electron chi connectivity index (χ0n) is 15.6. The minimum Gasteiger partial charge on any atom is -0.396 e. The molecule has 2 aliphatic rings. The van der Waals surface area contributed by atoms with Gasteiger partial charge in [0.05, 0.1) is 11.3 Å². The number of piperidine rings is 1. The van der Waals surface area contributed by atoms with Crippen LogP contribution in [-0.4, -0.2) is 41.5 Å². The number of imide groups is 1. The summed E-state index contributed by atoms with van der Waals surface area (Å²) in [6.07, 6.45) is 1.60. The molecule has 1 N–H and O–H groups in total. The van der Waals surface area contributed by atoms with E-state index in [1.165, 1.54) is 0 Å². The number of aliphatic hydroxyl groups excluding tert-OH is 1. The number of benzene rings is 2. The molecule has 2 heterocycles. The van der Waals surface area contributed by atoms with Gasteiger partial charge in [-0.05, 0) is 36.5 Å². The Kier molecular flexibility index (Phi) is 5.15. The Hall–Kier alpha value is -3.06. The van der Waals surface area contributed by atoms with Crippen LogP contribution in [0.25, 0.3) is 5.57 Å². The predicted octanol–water partition coefficient (Wildman–Crippen LogP) is 2.95. The van der Waals surface area contributed by atoms with Crippen LogP contribution in [-0.2, 0) is 9.59 Å². The number of hydrogen-bond acceptors (Lipinski definition) is 4. The smallest absolute Gasteiger partial charge is 0.282 e. The molecule has 0 spiro atoms. The highest BCUT2D eigenvalue weighted by atomic mass is 19.1. The summed E-state index contributed by atoms with van der Waals surface area (Å²) in [6.45, 7) is 0.977. The molecule has 5 nitrogen and oxygen atoms in total. The van der Waals surface area contributed by atoms with Gasteiger partial charge in [0, 0.05) is 25.8 Å². The van der Waals surface area contributed by atoms with Crippen molar-refractivity contribution in [3.05, 3.63) is 71.4 Å². The van der Waals surface area contributed by atoms with E-state index in [2.05, 4.69) is 0 Å². The van der Waals surface area contributed by atoms with E-state index in [9.17, 15) is 23.5 Å². The summed E-state index contributed by atoms with van der Waals surface area (Å²) in [6, 6.07) is 11.5. The van der Waals surface area contributed by atoms with E-state index in [1.807, 2.05) is 0 Å². The second kappa shape index (κ2) is 7.75. The van der Waals surface area contributed by atoms with Crippen LogP contribution in [0.5, 0.6) is 0 Å². The standard InChI is InChI=1S/C22H20F2N2O3/c23-16-8-9-18(17(24)11-16)26-21(28)19(15-6-2-1-3-7-15)20(22(26)29)25-10-4-5-14(12-25)13-27/h1-3,6-9,11,14,27H,4-5,10,12-13H2. The Labute approximate surface area is 166 Å². The van der Waals surface area contributed by atoms with Gasteiger partial charge >= 0.3 is 0 Å². The van der Waals surface area contributed by atoms with Crippen molar-refractivity contribution in [2.45, 2.75) is 12.8 Å². The first-order valence-corrected chi connectivity index (χ1v) is 9.50. The number of carbonyl (C=O) groups excluding carboxylic acids is 2. The van der Waals surface area contributed by atoms with Crippen molar-refractivity contribution in [3.63, 3.8) is 0 Å². The average molecular weight is 398 g/mol. The van der Waals surface area contributed by atoms with Crippen molar-refractivity contribution in [1.82, 2.24) is 4.90 Å². The third-order valence-corrected chi connectivity index (χ3v) is 5.37. The van der Waals surface area contributed by atoms with Crippen molar-refractivity contribution in [1.29, 1.82) is 0 Å². The van der Waals surface area contributed by atoms with Gasteiger partial charge in [0.1, 0.15) is 17.3 Å². The molecule has 2 aromatic rings. The maximum absolute atomic E-state index is 14.4. The number of aliphatic hydroxyl groups is 1. The first-order chi connectivity index (χ1) is 14.0. The van der Waals surface area contributed by atoms with E-state index in [0.29, 0.717) is 24.7 Å². The minimum absolute atomic E-state index is 0.00668. The molecule has 2 aromatic carbocycles. The lowest BCUT2D eigenvalue weighted by Crippen LogP contribution is -2.40. The van der Waals surface area contributed by atoms with E-state index in [4.69, 9.17) is 0 Å². The summed E-state index contributed by atoms with van der Waals surface area (Å²) in [5, 5.41) is 9.55. The number of halogens is 2. The Morgan fingerprint density at radius 2 is 1.79 bits per heavy atom. The van der Waals surface area contributed by atoms with Crippen LogP contribution in [0.15, 0.2) is 54.2 Å². The lowest BCUT2D eigenvalue weighted by Gasteiger charge is -2.34. The Bertz CT molecular complexity index is 991. The summed E-state index contributed by atoms with van der Waals surface area (Å²) < 4.78 is 27.8. The molecule has 1 saturated heterocycles. The molecule has 0 aromatic heterocycles. The topological polar surface area (TPSA) is 60.9 Å². The van der Waals surface area contributed by atoms with Crippen LogP contribution in [0.4, 0.5) is 14.5 Å². The van der Waals surface area contributed by atoms with Gasteiger partial charge in [0.25, 0.3) is 11.8 Å². The molecule has 1 fully saturated rings. The van der Waals surface area contributed by atoms with Crippen LogP contribution in [0.3, 0.4) is 0 Å². The van der Waals surface area contributed by atoms with E-state index >= 15 is 0 Å². The predicted molar refractivity (Wildman–Crippen MR) is 104 cm³/mol. The highest BCUT2D eigenvalue weighted by Gasteiger charge is 2.44. The van der Waals surface area contributed by atoms with Gasteiger partial charge < -0.3 is 10.0 Å². The summed E-state index contributed by atoms with van der Waals surface area (Å²) in [7, 11) is 0. The van der Waals surface area contributed by atoms with Gasteiger partial charge in [0.15, 0.2) is 0 Å². The lowest BCUT2D eigenvalue weighted by atomic mass is 9.97. The number of amides is 2. The summed E-state index contributed by atoms with van der Waals surface area (Å²) in [5.41, 5.74) is 0.665. The van der Waals surface area contributed by atoms with Gasteiger partial charge in [-0.1, -0.05) is 30.3 Å². The third-order valence-electron chi connectivity index (χ3n) is 5.37. The van der Waals surface area contributed by atoms with Gasteiger partial charge in [-0.2, -0.15) is 0 Å². The second-order valence-corrected chi connectivity index (χ2v) is 7.27. The third kappa shape index (κ3) is 3.42. The van der Waals surface area contributed by atoms with Crippen molar-refractivity contribution >= 4 is 23.1 Å². The maximum Gasteiger partial charge on any atom is 0.282 e. The molecule has 0 aliphatic carbocycles. The fourth-order valence-corrected chi connectivity index (χ4v) is 3.98. The molecular formula is C22H20F2N2O3. The zero-order chi connectivity index (χ0) is 20.5. The van der Waals surface area contributed by atoms with E-state index in [0.717, 1.165) is 29.9 Å². The van der Waals surface area contributed by atoms with E-state index < -0.39 is 23.4 Å². The molecule has 150 valence electrons. The molecule has 7 heteroatoms. The molecular weight excluding hydrogens is 378 g/mol. The quantitative estimate of drug-likeness (QED) is 0.805. The van der Waals surface area contributed by atoms with E-state index in [1.54, 1.807) is 35.2 Å². The molecule has 1 unspecified atom stereocenters.